The minimum Gasteiger partial charge on any atom is -0.479 e. The van der Waals surface area contributed by atoms with Crippen molar-refractivity contribution in [3.8, 4) is 0 Å². The van der Waals surface area contributed by atoms with E-state index in [0.29, 0.717) is 36.9 Å². The molecule has 1 fully saturated rings. The van der Waals surface area contributed by atoms with Crippen molar-refractivity contribution in [2.24, 2.45) is 5.41 Å². The second-order valence-electron chi connectivity index (χ2n) is 8.61. The third-order valence-electron chi connectivity index (χ3n) is 5.97. The zero-order chi connectivity index (χ0) is 20.0. The number of Topliss-reactive ketones (excluding diaryl/α,β-unsaturated/α-hetero) is 1. The number of aromatic amines is 1. The summed E-state index contributed by atoms with van der Waals surface area (Å²) in [5.74, 6) is -1.81. The maximum absolute atomic E-state index is 13.0. The number of fused-ring (bicyclic) bond motifs is 1. The van der Waals surface area contributed by atoms with Gasteiger partial charge in [-0.25, -0.2) is 4.79 Å². The van der Waals surface area contributed by atoms with E-state index < -0.39 is 23.0 Å². The van der Waals surface area contributed by atoms with Crippen molar-refractivity contribution >= 4 is 17.7 Å². The number of H-pyrrole nitrogens is 1. The van der Waals surface area contributed by atoms with E-state index in [9.17, 15) is 24.3 Å². The summed E-state index contributed by atoms with van der Waals surface area (Å²) in [5, 5.41) is 9.78. The molecule has 0 aromatic carbocycles. The summed E-state index contributed by atoms with van der Waals surface area (Å²) in [6.07, 6.45) is 3.99. The van der Waals surface area contributed by atoms with Crippen molar-refractivity contribution in [2.45, 2.75) is 64.3 Å². The van der Waals surface area contributed by atoms with Crippen LogP contribution in [-0.2, 0) is 11.2 Å². The Hall–Kier alpha value is -2.44. The molecule has 0 unspecified atom stereocenters. The van der Waals surface area contributed by atoms with Gasteiger partial charge in [-0.1, -0.05) is 33.1 Å². The van der Waals surface area contributed by atoms with Gasteiger partial charge in [-0.15, -0.1) is 0 Å². The third kappa shape index (κ3) is 3.31. The number of likely N-dealkylation sites (N-methyl/N-ethyl adjacent to an activating group) is 1. The maximum atomic E-state index is 13.0. The Morgan fingerprint density at radius 3 is 2.33 bits per heavy atom. The summed E-state index contributed by atoms with van der Waals surface area (Å²) in [7, 11) is 1.44. The Labute approximate surface area is 157 Å². The van der Waals surface area contributed by atoms with E-state index in [4.69, 9.17) is 0 Å². The second kappa shape index (κ2) is 6.62. The standard InChI is InChI=1S/C20H26N2O5/c1-19(2)10-14-12(15(23)11-19)9-13(16(24)21-14)17(25)22(3)20(18(26)27)7-5-4-6-8-20/h9H,4-8,10-11H2,1-3H3,(H,21,24)(H,26,27). The number of nitrogens with zero attached hydrogens (tertiary/aromatic N) is 1. The number of nitrogens with one attached hydrogen (secondary N) is 1. The van der Waals surface area contributed by atoms with Gasteiger partial charge in [0.1, 0.15) is 11.1 Å². The van der Waals surface area contributed by atoms with Gasteiger partial charge in [-0.2, -0.15) is 0 Å². The molecule has 7 nitrogen and oxygen atoms in total. The van der Waals surface area contributed by atoms with E-state index in [0.717, 1.165) is 19.3 Å². The number of pyridine rings is 1. The first kappa shape index (κ1) is 19.3. The van der Waals surface area contributed by atoms with Gasteiger partial charge in [-0.05, 0) is 30.7 Å². The molecule has 7 heteroatoms. The Balaban J connectivity index is 2.00. The van der Waals surface area contributed by atoms with Gasteiger partial charge in [0, 0.05) is 24.7 Å². The molecular formula is C20H26N2O5. The molecule has 0 aliphatic heterocycles. The average Bonchev–Trinajstić information content (AvgIpc) is 2.59. The van der Waals surface area contributed by atoms with Gasteiger partial charge < -0.3 is 15.0 Å². The highest BCUT2D eigenvalue weighted by molar-refractivity contribution is 6.03. The van der Waals surface area contributed by atoms with Gasteiger partial charge >= 0.3 is 5.97 Å². The largest absolute Gasteiger partial charge is 0.479 e. The smallest absolute Gasteiger partial charge is 0.329 e. The average molecular weight is 374 g/mol. The molecule has 1 aromatic heterocycles. The van der Waals surface area contributed by atoms with E-state index in [2.05, 4.69) is 4.98 Å². The lowest BCUT2D eigenvalue weighted by Crippen LogP contribution is -2.57. The number of carboxylic acid groups (broad SMARTS) is 1. The molecule has 1 saturated carbocycles. The number of carboxylic acids is 1. The van der Waals surface area contributed by atoms with Crippen molar-refractivity contribution in [1.82, 2.24) is 9.88 Å². The highest BCUT2D eigenvalue weighted by Crippen LogP contribution is 2.35. The van der Waals surface area contributed by atoms with Crippen LogP contribution in [0.1, 0.15) is 78.8 Å². The van der Waals surface area contributed by atoms with Gasteiger partial charge in [-0.3, -0.25) is 14.4 Å². The monoisotopic (exact) mass is 374 g/mol. The zero-order valence-electron chi connectivity index (χ0n) is 16.1. The van der Waals surface area contributed by atoms with Crippen molar-refractivity contribution in [2.75, 3.05) is 7.05 Å². The van der Waals surface area contributed by atoms with E-state index in [1.165, 1.54) is 18.0 Å². The Kier molecular flexibility index (Phi) is 4.74. The molecule has 2 aliphatic carbocycles. The van der Waals surface area contributed by atoms with E-state index in [-0.39, 0.29) is 16.8 Å². The molecular weight excluding hydrogens is 348 g/mol. The van der Waals surface area contributed by atoms with Gasteiger partial charge in [0.2, 0.25) is 0 Å². The molecule has 0 saturated heterocycles. The highest BCUT2D eigenvalue weighted by atomic mass is 16.4. The van der Waals surface area contributed by atoms with E-state index in [1.54, 1.807) is 0 Å². The number of hydrogen-bond acceptors (Lipinski definition) is 4. The number of hydrogen-bond donors (Lipinski definition) is 2. The fourth-order valence-electron chi connectivity index (χ4n) is 4.39. The molecule has 3 rings (SSSR count). The van der Waals surface area contributed by atoms with E-state index >= 15 is 0 Å². The van der Waals surface area contributed by atoms with E-state index in [1.807, 2.05) is 13.8 Å². The van der Waals surface area contributed by atoms with Crippen LogP contribution in [-0.4, -0.2) is 45.2 Å². The minimum absolute atomic E-state index is 0.111. The number of carbonyl (C=O) groups excluding carboxylic acids is 2. The molecule has 146 valence electrons. The summed E-state index contributed by atoms with van der Waals surface area (Å²) in [6, 6.07) is 1.35. The Morgan fingerprint density at radius 1 is 1.11 bits per heavy atom. The van der Waals surface area contributed by atoms with Crippen molar-refractivity contribution < 1.29 is 19.5 Å². The molecule has 1 heterocycles. The number of amides is 1. The highest BCUT2D eigenvalue weighted by Gasteiger charge is 2.46. The Morgan fingerprint density at radius 2 is 1.74 bits per heavy atom. The first-order valence-corrected chi connectivity index (χ1v) is 9.38. The molecule has 0 bridgehead atoms. The topological polar surface area (TPSA) is 108 Å². The lowest BCUT2D eigenvalue weighted by molar-refractivity contribution is -0.151. The fraction of sp³-hybridized carbons (Fsp3) is 0.600. The minimum atomic E-state index is -1.30. The van der Waals surface area contributed by atoms with Gasteiger partial charge in [0.15, 0.2) is 5.78 Å². The van der Waals surface area contributed by atoms with Gasteiger partial charge in [0.25, 0.3) is 11.5 Å². The fourth-order valence-corrected chi connectivity index (χ4v) is 4.39. The molecule has 0 atom stereocenters. The summed E-state index contributed by atoms with van der Waals surface area (Å²) < 4.78 is 0. The lowest BCUT2D eigenvalue weighted by atomic mass is 9.75. The van der Waals surface area contributed by atoms with Crippen LogP contribution in [0.4, 0.5) is 0 Å². The first-order chi connectivity index (χ1) is 12.6. The molecule has 1 aromatic rings. The molecule has 0 radical (unpaired) electrons. The Bertz CT molecular complexity index is 862. The molecule has 27 heavy (non-hydrogen) atoms. The summed E-state index contributed by atoms with van der Waals surface area (Å²) in [4.78, 5) is 53.9. The molecule has 2 aliphatic rings. The van der Waals surface area contributed by atoms with Gasteiger partial charge in [0.05, 0.1) is 0 Å². The van der Waals surface area contributed by atoms with Crippen molar-refractivity contribution in [3.05, 3.63) is 33.2 Å². The molecule has 2 N–H and O–H groups in total. The third-order valence-corrected chi connectivity index (χ3v) is 5.97. The zero-order valence-corrected chi connectivity index (χ0v) is 16.1. The van der Waals surface area contributed by atoms with Crippen LogP contribution >= 0.6 is 0 Å². The summed E-state index contributed by atoms with van der Waals surface area (Å²) in [5.41, 5.74) is -1.39. The van der Waals surface area contributed by atoms with Crippen LogP contribution < -0.4 is 5.56 Å². The van der Waals surface area contributed by atoms with Crippen molar-refractivity contribution in [1.29, 1.82) is 0 Å². The van der Waals surface area contributed by atoms with Crippen LogP contribution in [0.2, 0.25) is 0 Å². The molecule has 0 spiro atoms. The maximum Gasteiger partial charge on any atom is 0.329 e. The lowest BCUT2D eigenvalue weighted by Gasteiger charge is -2.41. The number of ketones is 1. The SMILES string of the molecule is CN(C(=O)c1cc2c([nH]c1=O)CC(C)(C)CC2=O)C1(C(=O)O)CCCCC1. The summed E-state index contributed by atoms with van der Waals surface area (Å²) in [6.45, 7) is 3.91. The second-order valence-corrected chi connectivity index (χ2v) is 8.61. The molecule has 1 amide bonds. The van der Waals surface area contributed by atoms with Crippen LogP contribution in [0.5, 0.6) is 0 Å². The van der Waals surface area contributed by atoms with Crippen LogP contribution in [0.25, 0.3) is 0 Å². The predicted octanol–water partition coefficient (Wildman–Crippen LogP) is 2.39. The van der Waals surface area contributed by atoms with Crippen molar-refractivity contribution in [3.63, 3.8) is 0 Å². The van der Waals surface area contributed by atoms with Crippen LogP contribution in [0.15, 0.2) is 10.9 Å². The number of aromatic nitrogens is 1. The number of carbonyl (C=O) groups is 3. The number of aliphatic carboxylic acids is 1. The van der Waals surface area contributed by atoms with Crippen LogP contribution in [0.3, 0.4) is 0 Å². The number of rotatable bonds is 3. The van der Waals surface area contributed by atoms with Crippen LogP contribution in [0, 0.1) is 5.41 Å². The first-order valence-electron chi connectivity index (χ1n) is 9.38. The normalized spacial score (nSPS) is 20.6. The summed E-state index contributed by atoms with van der Waals surface area (Å²) >= 11 is 0. The predicted molar refractivity (Wildman–Crippen MR) is 99.0 cm³/mol. The quantitative estimate of drug-likeness (QED) is 0.845.